The van der Waals surface area contributed by atoms with Gasteiger partial charge < -0.3 is 10.0 Å². The quantitative estimate of drug-likeness (QED) is 0.842. The van der Waals surface area contributed by atoms with E-state index < -0.39 is 6.10 Å². The summed E-state index contributed by atoms with van der Waals surface area (Å²) in [4.78, 5) is 13.8. The van der Waals surface area contributed by atoms with Gasteiger partial charge in [-0.1, -0.05) is 24.8 Å². The molecule has 2 aromatic rings. The van der Waals surface area contributed by atoms with Crippen LogP contribution in [0.3, 0.4) is 0 Å². The molecule has 1 amide bonds. The molecule has 1 saturated heterocycles. The highest BCUT2D eigenvalue weighted by Crippen LogP contribution is 2.20. The first-order valence-electron chi connectivity index (χ1n) is 6.53. The summed E-state index contributed by atoms with van der Waals surface area (Å²) in [5, 5.41) is 18.5. The van der Waals surface area contributed by atoms with Crippen LogP contribution in [-0.2, 0) is 4.79 Å². The first-order valence-corrected chi connectivity index (χ1v) is 7.52. The number of aromatic nitrogens is 3. The Labute approximate surface area is 120 Å². The van der Waals surface area contributed by atoms with Gasteiger partial charge in [0.15, 0.2) is 10.8 Å². The molecule has 20 heavy (non-hydrogen) atoms. The second-order valence-electron chi connectivity index (χ2n) is 5.04. The average Bonchev–Trinajstić information content (AvgIpc) is 3.01. The van der Waals surface area contributed by atoms with E-state index in [0.717, 1.165) is 5.65 Å². The van der Waals surface area contributed by atoms with Crippen LogP contribution in [0.1, 0.15) is 6.92 Å². The Kier molecular flexibility index (Phi) is 3.62. The number of β-amino-alcohol motifs (C(OH)–C–C–N with tert-alkyl or cyclic N) is 1. The molecule has 3 heterocycles. The number of likely N-dealkylation sites (tertiary alicyclic amines) is 1. The zero-order valence-electron chi connectivity index (χ0n) is 11.1. The van der Waals surface area contributed by atoms with Crippen LogP contribution in [0, 0.1) is 5.92 Å². The third kappa shape index (κ3) is 2.51. The molecule has 3 rings (SSSR count). The summed E-state index contributed by atoms with van der Waals surface area (Å²) in [7, 11) is 0. The number of amides is 1. The number of thioether (sulfide) groups is 1. The standard InChI is InChI=1S/C13H16N4O2S/c1-9-6-16(7-10(9)18)12(19)8-20-13-15-14-11-4-2-3-5-17(11)13/h2-5,9-10,18H,6-8H2,1H3/t9-,10-/m1/s1. The van der Waals surface area contributed by atoms with E-state index in [4.69, 9.17) is 0 Å². The highest BCUT2D eigenvalue weighted by atomic mass is 32.2. The van der Waals surface area contributed by atoms with Gasteiger partial charge >= 0.3 is 0 Å². The molecule has 0 radical (unpaired) electrons. The van der Waals surface area contributed by atoms with Gasteiger partial charge in [-0.2, -0.15) is 0 Å². The van der Waals surface area contributed by atoms with Gasteiger partial charge in [-0.05, 0) is 12.1 Å². The van der Waals surface area contributed by atoms with E-state index in [1.165, 1.54) is 11.8 Å². The number of fused-ring (bicyclic) bond motifs is 1. The lowest BCUT2D eigenvalue weighted by Gasteiger charge is -2.14. The Balaban J connectivity index is 1.63. The number of carbonyl (C=O) groups excluding carboxylic acids is 1. The van der Waals surface area contributed by atoms with Gasteiger partial charge in [-0.25, -0.2) is 0 Å². The van der Waals surface area contributed by atoms with Crippen molar-refractivity contribution in [1.82, 2.24) is 19.5 Å². The lowest BCUT2D eigenvalue weighted by Crippen LogP contribution is -2.31. The lowest BCUT2D eigenvalue weighted by molar-refractivity contribution is -0.127. The van der Waals surface area contributed by atoms with Crippen molar-refractivity contribution in [2.75, 3.05) is 18.8 Å². The highest BCUT2D eigenvalue weighted by Gasteiger charge is 2.30. The fourth-order valence-corrected chi connectivity index (χ4v) is 3.12. The van der Waals surface area contributed by atoms with Gasteiger partial charge in [0, 0.05) is 25.2 Å². The summed E-state index contributed by atoms with van der Waals surface area (Å²) in [6, 6.07) is 5.68. The summed E-state index contributed by atoms with van der Waals surface area (Å²) in [5.41, 5.74) is 0.771. The second kappa shape index (κ2) is 5.41. The minimum Gasteiger partial charge on any atom is -0.391 e. The minimum absolute atomic E-state index is 0.0334. The number of aliphatic hydroxyl groups is 1. The van der Waals surface area contributed by atoms with Gasteiger partial charge in [0.1, 0.15) is 0 Å². The number of hydrogen-bond acceptors (Lipinski definition) is 5. The highest BCUT2D eigenvalue weighted by molar-refractivity contribution is 7.99. The van der Waals surface area contributed by atoms with Crippen LogP contribution in [0.4, 0.5) is 0 Å². The fourth-order valence-electron chi connectivity index (χ4n) is 2.29. The second-order valence-corrected chi connectivity index (χ2v) is 5.99. The summed E-state index contributed by atoms with van der Waals surface area (Å²) >= 11 is 1.37. The number of carbonyl (C=O) groups is 1. The van der Waals surface area contributed by atoms with Crippen molar-refractivity contribution >= 4 is 23.3 Å². The number of nitrogens with zero attached hydrogens (tertiary/aromatic N) is 4. The van der Waals surface area contributed by atoms with E-state index in [-0.39, 0.29) is 11.8 Å². The summed E-state index contributed by atoms with van der Waals surface area (Å²) in [5.74, 6) is 0.499. The third-order valence-electron chi connectivity index (χ3n) is 3.53. The number of rotatable bonds is 3. The molecule has 6 nitrogen and oxygen atoms in total. The molecular formula is C13H16N4O2S. The van der Waals surface area contributed by atoms with Crippen LogP contribution in [-0.4, -0.2) is 55.5 Å². The maximum atomic E-state index is 12.1. The molecule has 1 aliphatic heterocycles. The van der Waals surface area contributed by atoms with Crippen LogP contribution in [0.5, 0.6) is 0 Å². The van der Waals surface area contributed by atoms with E-state index >= 15 is 0 Å². The van der Waals surface area contributed by atoms with Crippen molar-refractivity contribution in [1.29, 1.82) is 0 Å². The predicted molar refractivity (Wildman–Crippen MR) is 75.5 cm³/mol. The maximum Gasteiger partial charge on any atom is 0.233 e. The predicted octanol–water partition coefficient (Wildman–Crippen LogP) is 0.661. The number of hydrogen-bond donors (Lipinski definition) is 1. The Bertz CT molecular complexity index is 620. The largest absolute Gasteiger partial charge is 0.391 e. The van der Waals surface area contributed by atoms with Gasteiger partial charge in [0.2, 0.25) is 5.91 Å². The lowest BCUT2D eigenvalue weighted by atomic mass is 10.1. The Morgan fingerprint density at radius 1 is 1.45 bits per heavy atom. The van der Waals surface area contributed by atoms with Crippen LogP contribution in [0.2, 0.25) is 0 Å². The maximum absolute atomic E-state index is 12.1. The Hall–Kier alpha value is -1.60. The van der Waals surface area contributed by atoms with Crippen LogP contribution in [0.15, 0.2) is 29.6 Å². The Morgan fingerprint density at radius 3 is 3.05 bits per heavy atom. The molecule has 1 N–H and O–H groups in total. The number of pyridine rings is 1. The number of aliphatic hydroxyl groups excluding tert-OH is 1. The van der Waals surface area contributed by atoms with Crippen molar-refractivity contribution in [3.8, 4) is 0 Å². The van der Waals surface area contributed by atoms with Crippen molar-refractivity contribution in [2.24, 2.45) is 5.92 Å². The molecule has 0 bridgehead atoms. The molecule has 0 saturated carbocycles. The van der Waals surface area contributed by atoms with Crippen molar-refractivity contribution in [3.63, 3.8) is 0 Å². The first kappa shape index (κ1) is 13.4. The van der Waals surface area contributed by atoms with Crippen LogP contribution in [0.25, 0.3) is 5.65 Å². The average molecular weight is 292 g/mol. The molecule has 7 heteroatoms. The van der Waals surface area contributed by atoms with E-state index in [0.29, 0.717) is 24.0 Å². The smallest absolute Gasteiger partial charge is 0.233 e. The molecule has 0 aromatic carbocycles. The normalized spacial score (nSPS) is 22.6. The molecule has 0 spiro atoms. The minimum atomic E-state index is -0.405. The zero-order chi connectivity index (χ0) is 14.1. The van der Waals surface area contributed by atoms with Gasteiger partial charge in [0.05, 0.1) is 11.9 Å². The van der Waals surface area contributed by atoms with E-state index in [2.05, 4.69) is 10.2 Å². The summed E-state index contributed by atoms with van der Waals surface area (Å²) in [6.45, 7) is 3.01. The topological polar surface area (TPSA) is 70.7 Å². The van der Waals surface area contributed by atoms with Gasteiger partial charge in [-0.15, -0.1) is 10.2 Å². The van der Waals surface area contributed by atoms with Crippen LogP contribution >= 0.6 is 11.8 Å². The molecule has 1 aliphatic rings. The molecule has 106 valence electrons. The van der Waals surface area contributed by atoms with E-state index in [1.807, 2.05) is 35.7 Å². The summed E-state index contributed by atoms with van der Waals surface area (Å²) in [6.07, 6.45) is 1.47. The molecule has 2 atom stereocenters. The van der Waals surface area contributed by atoms with E-state index in [1.54, 1.807) is 4.90 Å². The zero-order valence-corrected chi connectivity index (χ0v) is 12.0. The van der Waals surface area contributed by atoms with Crippen molar-refractivity contribution in [2.45, 2.75) is 18.2 Å². The Morgan fingerprint density at radius 2 is 2.30 bits per heavy atom. The molecule has 0 unspecified atom stereocenters. The van der Waals surface area contributed by atoms with Crippen molar-refractivity contribution < 1.29 is 9.90 Å². The SMILES string of the molecule is C[C@@H]1CN(C(=O)CSc2nnc3ccccn23)C[C@H]1O. The first-order chi connectivity index (χ1) is 9.65. The van der Waals surface area contributed by atoms with Gasteiger partial charge in [0.25, 0.3) is 0 Å². The van der Waals surface area contributed by atoms with E-state index in [9.17, 15) is 9.90 Å². The van der Waals surface area contributed by atoms with Crippen molar-refractivity contribution in [3.05, 3.63) is 24.4 Å². The monoisotopic (exact) mass is 292 g/mol. The summed E-state index contributed by atoms with van der Waals surface area (Å²) < 4.78 is 1.86. The fraction of sp³-hybridized carbons (Fsp3) is 0.462. The molecular weight excluding hydrogens is 276 g/mol. The van der Waals surface area contributed by atoms with Crippen LogP contribution < -0.4 is 0 Å². The third-order valence-corrected chi connectivity index (χ3v) is 4.46. The van der Waals surface area contributed by atoms with Gasteiger partial charge in [-0.3, -0.25) is 9.20 Å². The molecule has 1 fully saturated rings. The molecule has 2 aromatic heterocycles. The molecule has 0 aliphatic carbocycles.